The molecular weight excluding hydrogens is 168 g/mol. The molecule has 0 nitrogen and oxygen atoms in total. The summed E-state index contributed by atoms with van der Waals surface area (Å²) in [5.74, 6) is 0. The van der Waals surface area contributed by atoms with E-state index in [1.807, 2.05) is 0 Å². The van der Waals surface area contributed by atoms with E-state index >= 15 is 0 Å². The first-order chi connectivity index (χ1) is 6.74. The third kappa shape index (κ3) is 3.37. The summed E-state index contributed by atoms with van der Waals surface area (Å²) in [4.78, 5) is 0. The van der Waals surface area contributed by atoms with Crippen LogP contribution in [-0.2, 0) is 6.42 Å². The standard InChI is InChI=1S/C14H20/c1-4-8-14(12(2)3)11-13-9-6-5-7-10-13/h5-7,9-10H,4,8,11H2,1-3H3. The van der Waals surface area contributed by atoms with Gasteiger partial charge in [-0.05, 0) is 32.3 Å². The lowest BCUT2D eigenvalue weighted by Crippen LogP contribution is -1.92. The normalized spacial score (nSPS) is 9.93. The minimum absolute atomic E-state index is 1.12. The highest BCUT2D eigenvalue weighted by Gasteiger charge is 2.00. The predicted octanol–water partition coefficient (Wildman–Crippen LogP) is 4.37. The van der Waals surface area contributed by atoms with Crippen LogP contribution in [0.25, 0.3) is 0 Å². The van der Waals surface area contributed by atoms with Crippen molar-refractivity contribution >= 4 is 0 Å². The van der Waals surface area contributed by atoms with Gasteiger partial charge in [-0.3, -0.25) is 0 Å². The third-order valence-corrected chi connectivity index (χ3v) is 2.52. The van der Waals surface area contributed by atoms with E-state index in [-0.39, 0.29) is 0 Å². The summed E-state index contributed by atoms with van der Waals surface area (Å²) >= 11 is 0. The average molecular weight is 188 g/mol. The molecule has 0 N–H and O–H groups in total. The molecule has 0 atom stereocenters. The summed E-state index contributed by atoms with van der Waals surface area (Å²) in [5.41, 5.74) is 4.51. The van der Waals surface area contributed by atoms with E-state index in [0.717, 1.165) is 6.42 Å². The van der Waals surface area contributed by atoms with E-state index in [1.165, 1.54) is 24.0 Å². The second kappa shape index (κ2) is 5.64. The van der Waals surface area contributed by atoms with Gasteiger partial charge in [-0.1, -0.05) is 54.8 Å². The van der Waals surface area contributed by atoms with E-state index in [9.17, 15) is 0 Å². The smallest absolute Gasteiger partial charge is 0.00646 e. The topological polar surface area (TPSA) is 0 Å². The molecule has 1 aromatic rings. The maximum absolute atomic E-state index is 2.24. The average Bonchev–Trinajstić information content (AvgIpc) is 2.18. The van der Waals surface area contributed by atoms with E-state index in [1.54, 1.807) is 5.57 Å². The van der Waals surface area contributed by atoms with Crippen LogP contribution >= 0.6 is 0 Å². The Hall–Kier alpha value is -1.04. The van der Waals surface area contributed by atoms with Gasteiger partial charge in [-0.25, -0.2) is 0 Å². The largest absolute Gasteiger partial charge is 0.0769 e. The quantitative estimate of drug-likeness (QED) is 0.616. The lowest BCUT2D eigenvalue weighted by Gasteiger charge is -2.08. The Balaban J connectivity index is 2.71. The van der Waals surface area contributed by atoms with Gasteiger partial charge < -0.3 is 0 Å². The van der Waals surface area contributed by atoms with Crippen LogP contribution in [0.15, 0.2) is 41.5 Å². The number of benzene rings is 1. The maximum atomic E-state index is 2.24. The monoisotopic (exact) mass is 188 g/mol. The molecule has 0 heterocycles. The summed E-state index contributed by atoms with van der Waals surface area (Å²) in [7, 11) is 0. The highest BCUT2D eigenvalue weighted by atomic mass is 14.1. The first-order valence-electron chi connectivity index (χ1n) is 5.43. The van der Waals surface area contributed by atoms with Crippen LogP contribution < -0.4 is 0 Å². The van der Waals surface area contributed by atoms with Crippen LogP contribution in [0.1, 0.15) is 39.2 Å². The van der Waals surface area contributed by atoms with Crippen LogP contribution in [0.2, 0.25) is 0 Å². The molecule has 0 unspecified atom stereocenters. The first kappa shape index (κ1) is 11.0. The zero-order chi connectivity index (χ0) is 10.4. The van der Waals surface area contributed by atoms with Gasteiger partial charge in [0.25, 0.3) is 0 Å². The summed E-state index contributed by atoms with van der Waals surface area (Å²) in [6, 6.07) is 10.7. The molecule has 1 aromatic carbocycles. The molecule has 0 spiro atoms. The molecule has 0 bridgehead atoms. The van der Waals surface area contributed by atoms with Crippen molar-refractivity contribution in [1.82, 2.24) is 0 Å². The second-order valence-electron chi connectivity index (χ2n) is 4.02. The summed E-state index contributed by atoms with van der Waals surface area (Å²) < 4.78 is 0. The highest BCUT2D eigenvalue weighted by Crippen LogP contribution is 2.16. The van der Waals surface area contributed by atoms with Gasteiger partial charge in [0.1, 0.15) is 0 Å². The number of allylic oxidation sites excluding steroid dienone is 2. The van der Waals surface area contributed by atoms with Crippen molar-refractivity contribution < 1.29 is 0 Å². The van der Waals surface area contributed by atoms with Crippen molar-refractivity contribution in [1.29, 1.82) is 0 Å². The Morgan fingerprint density at radius 3 is 2.21 bits per heavy atom. The molecule has 0 saturated heterocycles. The molecule has 0 heteroatoms. The van der Waals surface area contributed by atoms with Crippen LogP contribution in [0.5, 0.6) is 0 Å². The Morgan fingerprint density at radius 2 is 1.71 bits per heavy atom. The van der Waals surface area contributed by atoms with Crippen LogP contribution in [0.4, 0.5) is 0 Å². The minimum Gasteiger partial charge on any atom is -0.0769 e. The molecular formula is C14H20. The van der Waals surface area contributed by atoms with Crippen molar-refractivity contribution in [3.05, 3.63) is 47.0 Å². The summed E-state index contributed by atoms with van der Waals surface area (Å²) in [6.45, 7) is 6.68. The zero-order valence-corrected chi connectivity index (χ0v) is 9.51. The molecule has 0 aromatic heterocycles. The van der Waals surface area contributed by atoms with Crippen molar-refractivity contribution in [2.75, 3.05) is 0 Å². The van der Waals surface area contributed by atoms with E-state index in [2.05, 4.69) is 51.1 Å². The van der Waals surface area contributed by atoms with Gasteiger partial charge in [0.15, 0.2) is 0 Å². The van der Waals surface area contributed by atoms with Gasteiger partial charge in [0.2, 0.25) is 0 Å². The molecule has 1 rings (SSSR count). The number of hydrogen-bond donors (Lipinski definition) is 0. The molecule has 0 saturated carbocycles. The molecule has 0 aliphatic carbocycles. The Labute approximate surface area is 87.7 Å². The van der Waals surface area contributed by atoms with Gasteiger partial charge >= 0.3 is 0 Å². The van der Waals surface area contributed by atoms with Gasteiger partial charge in [-0.15, -0.1) is 0 Å². The SMILES string of the molecule is CCCC(Cc1ccccc1)=C(C)C. The molecule has 76 valence electrons. The van der Waals surface area contributed by atoms with Gasteiger partial charge in [-0.2, -0.15) is 0 Å². The predicted molar refractivity (Wildman–Crippen MR) is 63.4 cm³/mol. The molecule has 0 aliphatic rings. The molecule has 0 aliphatic heterocycles. The second-order valence-corrected chi connectivity index (χ2v) is 4.02. The fourth-order valence-electron chi connectivity index (χ4n) is 1.66. The summed E-state index contributed by atoms with van der Waals surface area (Å²) in [5, 5.41) is 0. The lowest BCUT2D eigenvalue weighted by molar-refractivity contribution is 0.853. The lowest BCUT2D eigenvalue weighted by atomic mass is 9.98. The number of rotatable bonds is 4. The fourth-order valence-corrected chi connectivity index (χ4v) is 1.66. The Morgan fingerprint density at radius 1 is 1.07 bits per heavy atom. The van der Waals surface area contributed by atoms with Gasteiger partial charge in [0.05, 0.1) is 0 Å². The van der Waals surface area contributed by atoms with Crippen LogP contribution in [0.3, 0.4) is 0 Å². The van der Waals surface area contributed by atoms with Crippen molar-refractivity contribution in [3.8, 4) is 0 Å². The van der Waals surface area contributed by atoms with Crippen molar-refractivity contribution in [2.24, 2.45) is 0 Å². The Bertz CT molecular complexity index is 289. The van der Waals surface area contributed by atoms with E-state index < -0.39 is 0 Å². The first-order valence-corrected chi connectivity index (χ1v) is 5.43. The van der Waals surface area contributed by atoms with E-state index in [0.29, 0.717) is 0 Å². The van der Waals surface area contributed by atoms with Crippen LogP contribution in [0, 0.1) is 0 Å². The fraction of sp³-hybridized carbons (Fsp3) is 0.429. The number of hydrogen-bond acceptors (Lipinski definition) is 0. The molecule has 0 amide bonds. The molecule has 0 fully saturated rings. The summed E-state index contributed by atoms with van der Waals surface area (Å²) in [6.07, 6.45) is 3.60. The maximum Gasteiger partial charge on any atom is -0.00646 e. The van der Waals surface area contributed by atoms with Crippen molar-refractivity contribution in [2.45, 2.75) is 40.0 Å². The van der Waals surface area contributed by atoms with E-state index in [4.69, 9.17) is 0 Å². The van der Waals surface area contributed by atoms with Crippen molar-refractivity contribution in [3.63, 3.8) is 0 Å². The highest BCUT2D eigenvalue weighted by molar-refractivity contribution is 5.23. The Kier molecular flexibility index (Phi) is 4.45. The minimum atomic E-state index is 1.12. The zero-order valence-electron chi connectivity index (χ0n) is 9.51. The third-order valence-electron chi connectivity index (χ3n) is 2.52. The van der Waals surface area contributed by atoms with Gasteiger partial charge in [0, 0.05) is 0 Å². The molecule has 14 heavy (non-hydrogen) atoms. The van der Waals surface area contributed by atoms with Crippen LogP contribution in [-0.4, -0.2) is 0 Å². The molecule has 0 radical (unpaired) electrons.